The number of hydrogen-bond acceptors (Lipinski definition) is 5. The average Bonchev–Trinajstić information content (AvgIpc) is 2.32. The molecule has 0 saturated carbocycles. The number of phenolic OH excluding ortho intramolecular Hbond substituents is 1. The van der Waals surface area contributed by atoms with Crippen molar-refractivity contribution in [2.75, 3.05) is 26.4 Å². The maximum Gasteiger partial charge on any atom is 0.338 e. The van der Waals surface area contributed by atoms with Gasteiger partial charge in [-0.1, -0.05) is 0 Å². The van der Waals surface area contributed by atoms with Crippen molar-refractivity contribution >= 4 is 28.6 Å². The molecule has 0 aliphatic carbocycles. The molecule has 0 aromatic heterocycles. The highest BCUT2D eigenvalue weighted by atomic mass is 127. The second-order valence-corrected chi connectivity index (χ2v) is 4.30. The lowest BCUT2D eigenvalue weighted by Gasteiger charge is -2.06. The Morgan fingerprint density at radius 1 is 1.29 bits per heavy atom. The van der Waals surface area contributed by atoms with Crippen LogP contribution in [0.3, 0.4) is 0 Å². The van der Waals surface area contributed by atoms with Gasteiger partial charge in [0.2, 0.25) is 0 Å². The van der Waals surface area contributed by atoms with Crippen LogP contribution in [0.15, 0.2) is 18.2 Å². The van der Waals surface area contributed by atoms with Crippen molar-refractivity contribution in [3.63, 3.8) is 0 Å². The molecule has 2 N–H and O–H groups in total. The summed E-state index contributed by atoms with van der Waals surface area (Å²) in [6, 6.07) is 4.49. The van der Waals surface area contributed by atoms with Crippen molar-refractivity contribution in [3.8, 4) is 5.75 Å². The summed E-state index contributed by atoms with van der Waals surface area (Å²) >= 11 is 1.93. The quantitative estimate of drug-likeness (QED) is 0.457. The molecule has 5 nitrogen and oxygen atoms in total. The van der Waals surface area contributed by atoms with E-state index in [0.717, 1.165) is 0 Å². The van der Waals surface area contributed by atoms with Crippen LogP contribution in [0.5, 0.6) is 5.75 Å². The predicted octanol–water partition coefficient (Wildman–Crippen LogP) is 1.16. The number of phenols is 1. The van der Waals surface area contributed by atoms with Crippen LogP contribution in [0.2, 0.25) is 0 Å². The van der Waals surface area contributed by atoms with Crippen molar-refractivity contribution in [2.45, 2.75) is 0 Å². The van der Waals surface area contributed by atoms with Gasteiger partial charge in [0.25, 0.3) is 0 Å². The van der Waals surface area contributed by atoms with Crippen LogP contribution in [0.4, 0.5) is 0 Å². The summed E-state index contributed by atoms with van der Waals surface area (Å²) in [4.78, 5) is 11.5. The molecule has 0 unspecified atom stereocenters. The van der Waals surface area contributed by atoms with Crippen LogP contribution >= 0.6 is 22.6 Å². The number of benzene rings is 1. The van der Waals surface area contributed by atoms with E-state index in [-0.39, 0.29) is 32.2 Å². The van der Waals surface area contributed by atoms with Gasteiger partial charge >= 0.3 is 5.97 Å². The van der Waals surface area contributed by atoms with Crippen LogP contribution in [0.1, 0.15) is 10.4 Å². The van der Waals surface area contributed by atoms with Gasteiger partial charge in [0.1, 0.15) is 12.4 Å². The molecule has 94 valence electrons. The molecule has 0 spiro atoms. The minimum absolute atomic E-state index is 0.0515. The first-order valence-corrected chi connectivity index (χ1v) is 6.07. The Hall–Kier alpha value is -0.860. The highest BCUT2D eigenvalue weighted by molar-refractivity contribution is 14.1. The van der Waals surface area contributed by atoms with E-state index in [2.05, 4.69) is 0 Å². The number of carbonyl (C=O) groups is 1. The highest BCUT2D eigenvalue weighted by Gasteiger charge is 2.09. The van der Waals surface area contributed by atoms with Crippen LogP contribution in [-0.4, -0.2) is 42.6 Å². The Labute approximate surface area is 112 Å². The van der Waals surface area contributed by atoms with Gasteiger partial charge in [-0.15, -0.1) is 0 Å². The smallest absolute Gasteiger partial charge is 0.338 e. The fraction of sp³-hybridized carbons (Fsp3) is 0.364. The van der Waals surface area contributed by atoms with Crippen molar-refractivity contribution in [2.24, 2.45) is 0 Å². The summed E-state index contributed by atoms with van der Waals surface area (Å²) in [5, 5.41) is 17.7. The monoisotopic (exact) mass is 352 g/mol. The van der Waals surface area contributed by atoms with Crippen LogP contribution in [0.25, 0.3) is 0 Å². The second kappa shape index (κ2) is 7.46. The number of aliphatic hydroxyl groups excluding tert-OH is 1. The van der Waals surface area contributed by atoms with Gasteiger partial charge in [0.05, 0.1) is 29.0 Å². The zero-order valence-corrected chi connectivity index (χ0v) is 11.2. The third-order valence-corrected chi connectivity index (χ3v) is 2.74. The van der Waals surface area contributed by atoms with Gasteiger partial charge < -0.3 is 19.7 Å². The third-order valence-electron chi connectivity index (χ3n) is 1.88. The molecule has 0 saturated heterocycles. The lowest BCUT2D eigenvalue weighted by molar-refractivity contribution is 0.0258. The number of aromatic hydroxyl groups is 1. The minimum Gasteiger partial charge on any atom is -0.507 e. The molecular weight excluding hydrogens is 339 g/mol. The fourth-order valence-corrected chi connectivity index (χ4v) is 1.59. The molecule has 1 rings (SSSR count). The number of esters is 1. The molecule has 0 aliphatic rings. The topological polar surface area (TPSA) is 76.0 Å². The molecular formula is C11H13IO5. The van der Waals surface area contributed by atoms with Crippen molar-refractivity contribution in [3.05, 3.63) is 27.3 Å². The Morgan fingerprint density at radius 3 is 2.71 bits per heavy atom. The van der Waals surface area contributed by atoms with E-state index in [4.69, 9.17) is 14.6 Å². The van der Waals surface area contributed by atoms with Gasteiger partial charge in [0, 0.05) is 0 Å². The maximum absolute atomic E-state index is 11.5. The van der Waals surface area contributed by atoms with E-state index in [0.29, 0.717) is 9.13 Å². The van der Waals surface area contributed by atoms with Gasteiger partial charge in [-0.2, -0.15) is 0 Å². The lowest BCUT2D eigenvalue weighted by Crippen LogP contribution is -2.12. The molecule has 1 aromatic rings. The number of aliphatic hydroxyl groups is 1. The third kappa shape index (κ3) is 4.88. The summed E-state index contributed by atoms with van der Waals surface area (Å²) in [5.74, 6) is -0.330. The largest absolute Gasteiger partial charge is 0.507 e. The van der Waals surface area contributed by atoms with E-state index >= 15 is 0 Å². The standard InChI is InChI=1S/C11H13IO5/c12-9-7-8(1-2-10(9)14)11(15)17-6-5-16-4-3-13/h1-2,7,13-14H,3-6H2. The van der Waals surface area contributed by atoms with Crippen LogP contribution in [-0.2, 0) is 9.47 Å². The Bertz CT molecular complexity index is 380. The van der Waals surface area contributed by atoms with E-state index < -0.39 is 5.97 Å². The van der Waals surface area contributed by atoms with E-state index in [1.807, 2.05) is 22.6 Å². The Morgan fingerprint density at radius 2 is 2.06 bits per heavy atom. The first-order valence-electron chi connectivity index (χ1n) is 4.99. The number of rotatable bonds is 6. The number of halogens is 1. The maximum atomic E-state index is 11.5. The summed E-state index contributed by atoms with van der Waals surface area (Å²) in [6.07, 6.45) is 0. The fourth-order valence-electron chi connectivity index (χ4n) is 1.08. The highest BCUT2D eigenvalue weighted by Crippen LogP contribution is 2.20. The van der Waals surface area contributed by atoms with E-state index in [1.165, 1.54) is 12.1 Å². The Balaban J connectivity index is 2.39. The van der Waals surface area contributed by atoms with Crippen LogP contribution in [0, 0.1) is 3.57 Å². The first-order chi connectivity index (χ1) is 8.15. The van der Waals surface area contributed by atoms with Crippen LogP contribution < -0.4 is 0 Å². The summed E-state index contributed by atoms with van der Waals surface area (Å²) in [5.41, 5.74) is 0.384. The van der Waals surface area contributed by atoms with Crippen molar-refractivity contribution in [1.29, 1.82) is 0 Å². The Kier molecular flexibility index (Phi) is 6.23. The normalized spacial score (nSPS) is 10.2. The van der Waals surface area contributed by atoms with E-state index in [1.54, 1.807) is 6.07 Å². The van der Waals surface area contributed by atoms with Crippen molar-refractivity contribution < 1.29 is 24.5 Å². The molecule has 0 aliphatic heterocycles. The average molecular weight is 352 g/mol. The SMILES string of the molecule is O=C(OCCOCCO)c1ccc(O)c(I)c1. The number of ether oxygens (including phenoxy) is 2. The lowest BCUT2D eigenvalue weighted by atomic mass is 10.2. The molecule has 0 bridgehead atoms. The number of carbonyl (C=O) groups excluding carboxylic acids is 1. The molecule has 1 aromatic carbocycles. The van der Waals surface area contributed by atoms with E-state index in [9.17, 15) is 9.90 Å². The molecule has 6 heteroatoms. The minimum atomic E-state index is -0.462. The van der Waals surface area contributed by atoms with Gasteiger partial charge in [-0.25, -0.2) is 4.79 Å². The molecule has 0 radical (unpaired) electrons. The zero-order chi connectivity index (χ0) is 12.7. The molecule has 17 heavy (non-hydrogen) atoms. The molecule has 0 amide bonds. The molecule has 0 fully saturated rings. The van der Waals surface area contributed by atoms with Crippen molar-refractivity contribution in [1.82, 2.24) is 0 Å². The molecule has 0 heterocycles. The van der Waals surface area contributed by atoms with Gasteiger partial charge in [-0.3, -0.25) is 0 Å². The summed E-state index contributed by atoms with van der Waals surface area (Å²) in [6.45, 7) is 0.566. The summed E-state index contributed by atoms with van der Waals surface area (Å²) < 4.78 is 10.5. The number of hydrogen-bond donors (Lipinski definition) is 2. The summed E-state index contributed by atoms with van der Waals surface area (Å²) in [7, 11) is 0. The van der Waals surface area contributed by atoms with Gasteiger partial charge in [0.15, 0.2) is 0 Å². The van der Waals surface area contributed by atoms with Gasteiger partial charge in [-0.05, 0) is 40.8 Å². The predicted molar refractivity (Wildman–Crippen MR) is 69.0 cm³/mol. The molecule has 0 atom stereocenters. The second-order valence-electron chi connectivity index (χ2n) is 3.14. The first kappa shape index (κ1) is 14.2. The zero-order valence-electron chi connectivity index (χ0n) is 9.06.